The molecule has 1 aliphatic carbocycles. The highest BCUT2D eigenvalue weighted by Crippen LogP contribution is 2.33. The van der Waals surface area contributed by atoms with E-state index in [1.54, 1.807) is 9.30 Å². The fourth-order valence-corrected chi connectivity index (χ4v) is 6.18. The van der Waals surface area contributed by atoms with Crippen LogP contribution in [0.15, 0.2) is 22.7 Å². The van der Waals surface area contributed by atoms with Crippen molar-refractivity contribution in [3.8, 4) is 0 Å². The zero-order valence-electron chi connectivity index (χ0n) is 15.0. The molecular formula is C19H18BrClN4O2S. The number of imidazole rings is 1. The molecule has 0 atom stereocenters. The smallest absolute Gasteiger partial charge is 0.276 e. The molecule has 0 bridgehead atoms. The van der Waals surface area contributed by atoms with Crippen molar-refractivity contribution in [3.05, 3.63) is 33.5 Å². The Balaban J connectivity index is 1.41. The first-order valence-corrected chi connectivity index (χ1v) is 11.4. The Bertz CT molecular complexity index is 1100. The third-order valence-electron chi connectivity index (χ3n) is 5.67. The lowest BCUT2D eigenvalue weighted by atomic mass is 10.1. The largest absolute Gasteiger partial charge is 0.336 e. The van der Waals surface area contributed by atoms with Gasteiger partial charge in [0.2, 0.25) is 5.91 Å². The summed E-state index contributed by atoms with van der Waals surface area (Å²) in [5, 5.41) is 0.305. The number of carbonyl (C=O) groups excluding carboxylic acids is 2. The van der Waals surface area contributed by atoms with Gasteiger partial charge in [-0.3, -0.25) is 14.0 Å². The maximum absolute atomic E-state index is 13.0. The van der Waals surface area contributed by atoms with E-state index in [-0.39, 0.29) is 24.1 Å². The molecule has 0 unspecified atom stereocenters. The van der Waals surface area contributed by atoms with Crippen LogP contribution in [0.5, 0.6) is 0 Å². The average Bonchev–Trinajstić information content (AvgIpc) is 3.38. The van der Waals surface area contributed by atoms with Crippen LogP contribution in [-0.4, -0.2) is 56.7 Å². The van der Waals surface area contributed by atoms with Crippen LogP contribution in [0, 0.1) is 0 Å². The Morgan fingerprint density at radius 1 is 1.25 bits per heavy atom. The van der Waals surface area contributed by atoms with E-state index in [9.17, 15) is 9.59 Å². The van der Waals surface area contributed by atoms with E-state index in [1.807, 2.05) is 23.1 Å². The second-order valence-corrected chi connectivity index (χ2v) is 9.62. The van der Waals surface area contributed by atoms with E-state index in [4.69, 9.17) is 11.6 Å². The lowest BCUT2D eigenvalue weighted by Crippen LogP contribution is -2.55. The highest BCUT2D eigenvalue weighted by atomic mass is 79.9. The second-order valence-electron chi connectivity index (χ2n) is 7.34. The van der Waals surface area contributed by atoms with Gasteiger partial charge < -0.3 is 9.80 Å². The number of halogens is 2. The molecule has 2 aliphatic rings. The van der Waals surface area contributed by atoms with Gasteiger partial charge in [-0.2, -0.15) is 0 Å². The highest BCUT2D eigenvalue weighted by molar-refractivity contribution is 9.10. The second kappa shape index (κ2) is 7.00. The number of nitrogens with zero attached hydrogens (tertiary/aromatic N) is 4. The monoisotopic (exact) mass is 480 g/mol. The first kappa shape index (κ1) is 18.4. The molecule has 3 heterocycles. The summed E-state index contributed by atoms with van der Waals surface area (Å²) in [6.07, 6.45) is 4.52. The third kappa shape index (κ3) is 2.93. The molecule has 6 nitrogen and oxygen atoms in total. The topological polar surface area (TPSA) is 57.9 Å². The molecule has 1 saturated carbocycles. The fourth-order valence-electron chi connectivity index (χ4n) is 4.26. The molecule has 2 amide bonds. The number of fused-ring (bicyclic) bond motifs is 3. The van der Waals surface area contributed by atoms with Crippen molar-refractivity contribution in [2.75, 3.05) is 19.6 Å². The summed E-state index contributed by atoms with van der Waals surface area (Å²) >= 11 is 11.5. The van der Waals surface area contributed by atoms with Gasteiger partial charge in [0.25, 0.3) is 5.91 Å². The summed E-state index contributed by atoms with van der Waals surface area (Å²) in [4.78, 5) is 34.4. The number of hydrogen-bond acceptors (Lipinski definition) is 4. The van der Waals surface area contributed by atoms with Gasteiger partial charge in [-0.15, -0.1) is 0 Å². The van der Waals surface area contributed by atoms with E-state index >= 15 is 0 Å². The van der Waals surface area contributed by atoms with Crippen molar-refractivity contribution in [1.82, 2.24) is 19.2 Å². The molecule has 1 aliphatic heterocycles. The molecule has 2 fully saturated rings. The highest BCUT2D eigenvalue weighted by Gasteiger charge is 2.34. The van der Waals surface area contributed by atoms with Gasteiger partial charge in [-0.05, 0) is 31.0 Å². The quantitative estimate of drug-likeness (QED) is 0.551. The summed E-state index contributed by atoms with van der Waals surface area (Å²) in [5.74, 6) is -0.246. The van der Waals surface area contributed by atoms with Crippen LogP contribution >= 0.6 is 38.9 Å². The molecule has 2 aromatic heterocycles. The average molecular weight is 482 g/mol. The Kier molecular flexibility index (Phi) is 4.60. The number of aromatic nitrogens is 2. The molecule has 28 heavy (non-hydrogen) atoms. The van der Waals surface area contributed by atoms with Crippen LogP contribution < -0.4 is 0 Å². The van der Waals surface area contributed by atoms with Crippen molar-refractivity contribution < 1.29 is 9.59 Å². The fraction of sp³-hybridized carbons (Fsp3) is 0.421. The minimum absolute atomic E-state index is 0.0268. The molecule has 0 radical (unpaired) electrons. The van der Waals surface area contributed by atoms with Crippen molar-refractivity contribution in [3.63, 3.8) is 0 Å². The van der Waals surface area contributed by atoms with Crippen LogP contribution in [0.3, 0.4) is 0 Å². The SMILES string of the molecule is O=C(c1nc2sc3cc(Br)ccc3n2c1Cl)N1CCN(C2CCCC2)C(=O)C1. The number of hydrogen-bond donors (Lipinski definition) is 0. The Morgan fingerprint density at radius 2 is 2.04 bits per heavy atom. The standard InChI is InChI=1S/C19H18BrClN4O2S/c20-11-5-6-13-14(9-11)28-19-22-16(17(21)25(13)19)18(27)23-7-8-24(15(26)10-23)12-3-1-2-4-12/h5-6,9,12H,1-4,7-8,10H2. The van der Waals surface area contributed by atoms with Gasteiger partial charge in [0, 0.05) is 23.6 Å². The number of carbonyl (C=O) groups is 2. The van der Waals surface area contributed by atoms with Crippen LogP contribution in [0.4, 0.5) is 0 Å². The zero-order chi connectivity index (χ0) is 19.4. The summed E-state index contributed by atoms with van der Waals surface area (Å²) in [6.45, 7) is 1.22. The maximum atomic E-state index is 13.0. The lowest BCUT2D eigenvalue weighted by Gasteiger charge is -2.37. The maximum Gasteiger partial charge on any atom is 0.276 e. The van der Waals surface area contributed by atoms with Crippen molar-refractivity contribution in [1.29, 1.82) is 0 Å². The molecule has 0 spiro atoms. The molecular weight excluding hydrogens is 464 g/mol. The van der Waals surface area contributed by atoms with Crippen molar-refractivity contribution in [2.24, 2.45) is 0 Å². The van der Waals surface area contributed by atoms with Gasteiger partial charge in [0.05, 0.1) is 10.2 Å². The van der Waals surface area contributed by atoms with Crippen molar-refractivity contribution in [2.45, 2.75) is 31.7 Å². The van der Waals surface area contributed by atoms with Crippen LogP contribution in [0.2, 0.25) is 5.15 Å². The van der Waals surface area contributed by atoms with Gasteiger partial charge >= 0.3 is 0 Å². The normalized spacial score (nSPS) is 18.7. The number of amides is 2. The Labute approximate surface area is 179 Å². The molecule has 146 valence electrons. The van der Waals surface area contributed by atoms with Gasteiger partial charge in [0.1, 0.15) is 11.7 Å². The summed E-state index contributed by atoms with van der Waals surface area (Å²) in [6, 6.07) is 6.24. The Hall–Kier alpha value is -1.64. The molecule has 1 aromatic carbocycles. The molecule has 9 heteroatoms. The van der Waals surface area contributed by atoms with Crippen molar-refractivity contribution >= 4 is 65.9 Å². The van der Waals surface area contributed by atoms with E-state index in [1.165, 1.54) is 24.2 Å². The van der Waals surface area contributed by atoms with Crippen LogP contribution in [0.1, 0.15) is 36.2 Å². The van der Waals surface area contributed by atoms with E-state index < -0.39 is 0 Å². The number of piperazine rings is 1. The minimum Gasteiger partial charge on any atom is -0.336 e. The lowest BCUT2D eigenvalue weighted by molar-refractivity contribution is -0.137. The first-order valence-electron chi connectivity index (χ1n) is 9.37. The van der Waals surface area contributed by atoms with Crippen LogP contribution in [-0.2, 0) is 4.79 Å². The van der Waals surface area contributed by atoms with Gasteiger partial charge in [0.15, 0.2) is 10.7 Å². The predicted octanol–water partition coefficient (Wildman–Crippen LogP) is 4.19. The summed E-state index contributed by atoms with van der Waals surface area (Å²) in [7, 11) is 0. The summed E-state index contributed by atoms with van der Waals surface area (Å²) < 4.78 is 3.83. The predicted molar refractivity (Wildman–Crippen MR) is 113 cm³/mol. The first-order chi connectivity index (χ1) is 13.5. The summed E-state index contributed by atoms with van der Waals surface area (Å²) in [5.41, 5.74) is 1.14. The molecule has 0 N–H and O–H groups in total. The molecule has 5 rings (SSSR count). The molecule has 3 aromatic rings. The number of rotatable bonds is 2. The van der Waals surface area contributed by atoms with E-state index in [2.05, 4.69) is 20.9 Å². The number of thiazole rings is 1. The number of benzene rings is 1. The third-order valence-corrected chi connectivity index (χ3v) is 7.51. The minimum atomic E-state index is -0.273. The molecule has 1 saturated heterocycles. The van der Waals surface area contributed by atoms with Gasteiger partial charge in [-0.25, -0.2) is 4.98 Å². The zero-order valence-corrected chi connectivity index (χ0v) is 18.2. The van der Waals surface area contributed by atoms with E-state index in [0.29, 0.717) is 29.2 Å². The Morgan fingerprint density at radius 3 is 2.79 bits per heavy atom. The van der Waals surface area contributed by atoms with E-state index in [0.717, 1.165) is 27.5 Å². The van der Waals surface area contributed by atoms with Crippen LogP contribution in [0.25, 0.3) is 15.2 Å². The van der Waals surface area contributed by atoms with Gasteiger partial charge in [-0.1, -0.05) is 51.7 Å².